The lowest BCUT2D eigenvalue weighted by Crippen LogP contribution is -2.29. The summed E-state index contributed by atoms with van der Waals surface area (Å²) in [6, 6.07) is 12.0. The molecule has 2 aromatic heterocycles. The third kappa shape index (κ3) is 3.86. The zero-order valence-electron chi connectivity index (χ0n) is 13.6. The van der Waals surface area contributed by atoms with Crippen LogP contribution >= 0.6 is 23.7 Å². The smallest absolute Gasteiger partial charge is 0.223 e. The predicted octanol–water partition coefficient (Wildman–Crippen LogP) is 3.72. The van der Waals surface area contributed by atoms with Crippen LogP contribution in [0, 0.1) is 5.92 Å². The van der Waals surface area contributed by atoms with E-state index >= 15 is 0 Å². The van der Waals surface area contributed by atoms with Crippen molar-refractivity contribution in [3.63, 3.8) is 0 Å². The van der Waals surface area contributed by atoms with E-state index in [1.165, 1.54) is 0 Å². The SMILES string of the molecule is Cl.NC1CCC(C(=O)NCc2ccc(-c3nc4ccccc4s3)o2)C1. The lowest BCUT2D eigenvalue weighted by atomic mass is 10.1. The van der Waals surface area contributed by atoms with Crippen molar-refractivity contribution in [1.29, 1.82) is 0 Å². The minimum atomic E-state index is 0. The van der Waals surface area contributed by atoms with Crippen LogP contribution < -0.4 is 11.1 Å². The maximum Gasteiger partial charge on any atom is 0.223 e. The predicted molar refractivity (Wildman–Crippen MR) is 102 cm³/mol. The Morgan fingerprint density at radius 3 is 2.88 bits per heavy atom. The van der Waals surface area contributed by atoms with Crippen LogP contribution in [0.25, 0.3) is 21.0 Å². The number of amides is 1. The first-order valence-electron chi connectivity index (χ1n) is 8.17. The third-order valence-electron chi connectivity index (χ3n) is 4.45. The van der Waals surface area contributed by atoms with Crippen molar-refractivity contribution in [3.05, 3.63) is 42.2 Å². The summed E-state index contributed by atoms with van der Waals surface area (Å²) in [4.78, 5) is 16.7. The van der Waals surface area contributed by atoms with Crippen molar-refractivity contribution in [2.24, 2.45) is 11.7 Å². The molecule has 3 aromatic rings. The standard InChI is InChI=1S/C18H19N3O2S.ClH/c19-12-6-5-11(9-12)17(22)20-10-13-7-8-15(23-13)18-21-14-3-1-2-4-16(14)24-18;/h1-4,7-8,11-12H,5-6,9-10,19H2,(H,20,22);1H. The molecule has 2 unspecified atom stereocenters. The molecule has 2 heterocycles. The number of fused-ring (bicyclic) bond motifs is 1. The van der Waals surface area contributed by atoms with E-state index in [1.807, 2.05) is 36.4 Å². The Morgan fingerprint density at radius 2 is 2.12 bits per heavy atom. The van der Waals surface area contributed by atoms with E-state index in [2.05, 4.69) is 10.3 Å². The molecule has 7 heteroatoms. The molecule has 1 amide bonds. The number of carbonyl (C=O) groups excluding carboxylic acids is 1. The van der Waals surface area contributed by atoms with Crippen LogP contribution in [-0.2, 0) is 11.3 Å². The van der Waals surface area contributed by atoms with Crippen LogP contribution in [0.2, 0.25) is 0 Å². The van der Waals surface area contributed by atoms with Gasteiger partial charge in [-0.1, -0.05) is 12.1 Å². The molecular formula is C18H20ClN3O2S. The van der Waals surface area contributed by atoms with Gasteiger partial charge in [0, 0.05) is 12.0 Å². The fraction of sp³-hybridized carbons (Fsp3) is 0.333. The zero-order valence-corrected chi connectivity index (χ0v) is 15.2. The Bertz CT molecular complexity index is 843. The highest BCUT2D eigenvalue weighted by Gasteiger charge is 2.27. The summed E-state index contributed by atoms with van der Waals surface area (Å²) in [6.07, 6.45) is 2.59. The second-order valence-electron chi connectivity index (χ2n) is 6.24. The Balaban J connectivity index is 0.00000182. The molecule has 0 spiro atoms. The number of rotatable bonds is 4. The van der Waals surface area contributed by atoms with Crippen LogP contribution in [0.5, 0.6) is 0 Å². The third-order valence-corrected chi connectivity index (χ3v) is 5.50. The first-order chi connectivity index (χ1) is 11.7. The molecule has 5 nitrogen and oxygen atoms in total. The molecule has 25 heavy (non-hydrogen) atoms. The van der Waals surface area contributed by atoms with Gasteiger partial charge in [0.25, 0.3) is 0 Å². The van der Waals surface area contributed by atoms with Gasteiger partial charge in [-0.15, -0.1) is 23.7 Å². The number of carbonyl (C=O) groups is 1. The summed E-state index contributed by atoms with van der Waals surface area (Å²) in [7, 11) is 0. The van der Waals surface area contributed by atoms with E-state index in [0.717, 1.165) is 46.0 Å². The van der Waals surface area contributed by atoms with Crippen molar-refractivity contribution >= 4 is 39.9 Å². The van der Waals surface area contributed by atoms with Crippen LogP contribution in [0.1, 0.15) is 25.0 Å². The highest BCUT2D eigenvalue weighted by atomic mass is 35.5. The van der Waals surface area contributed by atoms with Crippen LogP contribution in [0.3, 0.4) is 0 Å². The molecule has 1 saturated carbocycles. The highest BCUT2D eigenvalue weighted by molar-refractivity contribution is 7.21. The number of halogens is 1. The van der Waals surface area contributed by atoms with Gasteiger partial charge in [-0.05, 0) is 43.5 Å². The minimum Gasteiger partial charge on any atom is -0.457 e. The number of aromatic nitrogens is 1. The Kier molecular flexibility index (Phi) is 5.42. The summed E-state index contributed by atoms with van der Waals surface area (Å²) >= 11 is 1.60. The van der Waals surface area contributed by atoms with Gasteiger partial charge in [0.1, 0.15) is 5.76 Å². The second-order valence-corrected chi connectivity index (χ2v) is 7.27. The lowest BCUT2D eigenvalue weighted by molar-refractivity contribution is -0.125. The fourth-order valence-corrected chi connectivity index (χ4v) is 4.07. The van der Waals surface area contributed by atoms with Crippen molar-refractivity contribution < 1.29 is 9.21 Å². The molecule has 1 aliphatic rings. The number of nitrogens with two attached hydrogens (primary N) is 1. The van der Waals surface area contributed by atoms with Gasteiger partial charge in [0.2, 0.25) is 5.91 Å². The Morgan fingerprint density at radius 1 is 1.28 bits per heavy atom. The van der Waals surface area contributed by atoms with Crippen molar-refractivity contribution in [2.75, 3.05) is 0 Å². The van der Waals surface area contributed by atoms with Crippen LogP contribution in [0.4, 0.5) is 0 Å². The monoisotopic (exact) mass is 377 g/mol. The zero-order chi connectivity index (χ0) is 16.5. The highest BCUT2D eigenvalue weighted by Crippen LogP contribution is 2.31. The van der Waals surface area contributed by atoms with Gasteiger partial charge in [0.15, 0.2) is 10.8 Å². The van der Waals surface area contributed by atoms with Crippen molar-refractivity contribution in [1.82, 2.24) is 10.3 Å². The van der Waals surface area contributed by atoms with Gasteiger partial charge in [-0.3, -0.25) is 4.79 Å². The normalized spacial score (nSPS) is 19.7. The number of hydrogen-bond acceptors (Lipinski definition) is 5. The van der Waals surface area contributed by atoms with E-state index in [9.17, 15) is 4.79 Å². The summed E-state index contributed by atoms with van der Waals surface area (Å²) in [5.74, 6) is 1.59. The van der Waals surface area contributed by atoms with Gasteiger partial charge < -0.3 is 15.5 Å². The summed E-state index contributed by atoms with van der Waals surface area (Å²) in [5.41, 5.74) is 6.84. The molecule has 1 fully saturated rings. The molecule has 4 rings (SSSR count). The van der Waals surface area contributed by atoms with Crippen LogP contribution in [0.15, 0.2) is 40.8 Å². The number of benzene rings is 1. The molecule has 0 saturated heterocycles. The molecule has 1 aromatic carbocycles. The molecule has 2 atom stereocenters. The summed E-state index contributed by atoms with van der Waals surface area (Å²) in [6.45, 7) is 0.398. The van der Waals surface area contributed by atoms with Gasteiger partial charge in [0.05, 0.1) is 16.8 Å². The van der Waals surface area contributed by atoms with E-state index < -0.39 is 0 Å². The lowest BCUT2D eigenvalue weighted by Gasteiger charge is -2.09. The van der Waals surface area contributed by atoms with Crippen molar-refractivity contribution in [2.45, 2.75) is 31.8 Å². The second kappa shape index (κ2) is 7.56. The van der Waals surface area contributed by atoms with Gasteiger partial charge in [-0.2, -0.15) is 0 Å². The first-order valence-corrected chi connectivity index (χ1v) is 8.98. The number of nitrogens with zero attached hydrogens (tertiary/aromatic N) is 1. The quantitative estimate of drug-likeness (QED) is 0.726. The molecule has 3 N–H and O–H groups in total. The summed E-state index contributed by atoms with van der Waals surface area (Å²) < 4.78 is 6.98. The number of nitrogens with one attached hydrogen (secondary N) is 1. The van der Waals surface area contributed by atoms with E-state index in [-0.39, 0.29) is 30.3 Å². The summed E-state index contributed by atoms with van der Waals surface area (Å²) in [5, 5.41) is 3.80. The average Bonchev–Trinajstić information content (AvgIpc) is 3.31. The Labute approximate surface area is 156 Å². The molecule has 0 bridgehead atoms. The van der Waals surface area contributed by atoms with E-state index in [1.54, 1.807) is 11.3 Å². The molecule has 0 radical (unpaired) electrons. The Hall–Kier alpha value is -1.89. The average molecular weight is 378 g/mol. The number of hydrogen-bond donors (Lipinski definition) is 2. The molecular weight excluding hydrogens is 358 g/mol. The maximum atomic E-state index is 12.1. The van der Waals surface area contributed by atoms with E-state index in [4.69, 9.17) is 10.2 Å². The topological polar surface area (TPSA) is 81.2 Å². The van der Waals surface area contributed by atoms with Gasteiger partial charge >= 0.3 is 0 Å². The molecule has 0 aliphatic heterocycles. The van der Waals surface area contributed by atoms with Crippen molar-refractivity contribution in [3.8, 4) is 10.8 Å². The minimum absolute atomic E-state index is 0. The number of thiazole rings is 1. The molecule has 1 aliphatic carbocycles. The van der Waals surface area contributed by atoms with Gasteiger partial charge in [-0.25, -0.2) is 4.98 Å². The number of furan rings is 1. The maximum absolute atomic E-state index is 12.1. The molecule has 132 valence electrons. The largest absolute Gasteiger partial charge is 0.457 e. The van der Waals surface area contributed by atoms with E-state index in [0.29, 0.717) is 6.54 Å². The van der Waals surface area contributed by atoms with Crippen LogP contribution in [-0.4, -0.2) is 16.9 Å². The number of para-hydroxylation sites is 1. The first kappa shape index (κ1) is 17.9. The fourth-order valence-electron chi connectivity index (χ4n) is 3.14.